The Bertz CT molecular complexity index is 2530. The fourth-order valence-electron chi connectivity index (χ4n) is 7.00. The zero-order valence-electron chi connectivity index (χ0n) is 27.4. The molecule has 0 aliphatic heterocycles. The van der Waals surface area contributed by atoms with E-state index in [0.717, 1.165) is 50.1 Å². The molecule has 2 heteroatoms. The zero-order valence-corrected chi connectivity index (χ0v) is 27.4. The summed E-state index contributed by atoms with van der Waals surface area (Å²) in [5.74, 6) is 0. The molecule has 50 heavy (non-hydrogen) atoms. The van der Waals surface area contributed by atoms with E-state index in [2.05, 4.69) is 199 Å². The van der Waals surface area contributed by atoms with Crippen LogP contribution < -0.4 is 4.90 Å². The predicted molar refractivity (Wildman–Crippen MR) is 210 cm³/mol. The first-order chi connectivity index (χ1) is 24.8. The number of para-hydroxylation sites is 2. The molecule has 0 saturated carbocycles. The van der Waals surface area contributed by atoms with E-state index in [-0.39, 0.29) is 0 Å². The van der Waals surface area contributed by atoms with Gasteiger partial charge in [-0.1, -0.05) is 158 Å². The molecule has 0 unspecified atom stereocenters. The smallest absolute Gasteiger partial charge is 0.145 e. The second kappa shape index (κ2) is 12.8. The summed E-state index contributed by atoms with van der Waals surface area (Å²) in [5.41, 5.74) is 14.3. The van der Waals surface area contributed by atoms with Crippen LogP contribution in [0.4, 0.5) is 17.1 Å². The van der Waals surface area contributed by atoms with Gasteiger partial charge in [0.25, 0.3) is 0 Å². The molecular formula is C48H33NO. The van der Waals surface area contributed by atoms with E-state index in [1.54, 1.807) is 0 Å². The normalized spacial score (nSPS) is 11.2. The van der Waals surface area contributed by atoms with Gasteiger partial charge in [0.1, 0.15) is 11.2 Å². The lowest BCUT2D eigenvalue weighted by molar-refractivity contribution is 0.670. The highest BCUT2D eigenvalue weighted by Gasteiger charge is 2.22. The van der Waals surface area contributed by atoms with Gasteiger partial charge >= 0.3 is 0 Å². The maximum Gasteiger partial charge on any atom is 0.145 e. The summed E-state index contributed by atoms with van der Waals surface area (Å²) in [7, 11) is 0. The number of hydrogen-bond acceptors (Lipinski definition) is 2. The summed E-state index contributed by atoms with van der Waals surface area (Å²) in [6.07, 6.45) is 0. The molecule has 0 radical (unpaired) electrons. The van der Waals surface area contributed by atoms with Crippen LogP contribution in [0.25, 0.3) is 66.4 Å². The number of hydrogen-bond donors (Lipinski definition) is 0. The van der Waals surface area contributed by atoms with Crippen LogP contribution in [0.3, 0.4) is 0 Å². The van der Waals surface area contributed by atoms with Crippen molar-refractivity contribution >= 4 is 39.0 Å². The second-order valence-corrected chi connectivity index (χ2v) is 12.5. The first-order valence-corrected chi connectivity index (χ1v) is 17.0. The fourth-order valence-corrected chi connectivity index (χ4v) is 7.00. The Balaban J connectivity index is 1.18. The summed E-state index contributed by atoms with van der Waals surface area (Å²) in [6.45, 7) is 0. The predicted octanol–water partition coefficient (Wildman–Crippen LogP) is 13.7. The first kappa shape index (κ1) is 29.5. The third kappa shape index (κ3) is 5.43. The highest BCUT2D eigenvalue weighted by Crippen LogP contribution is 2.47. The molecule has 0 amide bonds. The van der Waals surface area contributed by atoms with Gasteiger partial charge in [-0.15, -0.1) is 0 Å². The third-order valence-corrected chi connectivity index (χ3v) is 9.51. The highest BCUT2D eigenvalue weighted by atomic mass is 16.3. The molecule has 0 N–H and O–H groups in total. The molecule has 1 heterocycles. The number of nitrogens with zero attached hydrogens (tertiary/aromatic N) is 1. The van der Waals surface area contributed by atoms with E-state index in [1.165, 1.54) is 33.4 Å². The zero-order chi connectivity index (χ0) is 33.3. The minimum atomic E-state index is 0.882. The minimum absolute atomic E-state index is 0.882. The number of fused-ring (bicyclic) bond motifs is 3. The molecule has 2 nitrogen and oxygen atoms in total. The second-order valence-electron chi connectivity index (χ2n) is 12.5. The minimum Gasteiger partial charge on any atom is -0.455 e. The Morgan fingerprint density at radius 1 is 0.300 bits per heavy atom. The molecule has 0 bridgehead atoms. The summed E-state index contributed by atoms with van der Waals surface area (Å²) < 4.78 is 6.71. The van der Waals surface area contributed by atoms with Crippen molar-refractivity contribution in [3.8, 4) is 44.5 Å². The van der Waals surface area contributed by atoms with Crippen LogP contribution >= 0.6 is 0 Å². The van der Waals surface area contributed by atoms with Gasteiger partial charge in [-0.3, -0.25) is 0 Å². The molecule has 236 valence electrons. The van der Waals surface area contributed by atoms with Crippen LogP contribution in [0.15, 0.2) is 205 Å². The van der Waals surface area contributed by atoms with Crippen LogP contribution in [0.1, 0.15) is 0 Å². The summed E-state index contributed by atoms with van der Waals surface area (Å²) in [5, 5.41) is 2.22. The van der Waals surface area contributed by atoms with Crippen LogP contribution in [-0.2, 0) is 0 Å². The van der Waals surface area contributed by atoms with Gasteiger partial charge in [0.2, 0.25) is 0 Å². The third-order valence-electron chi connectivity index (χ3n) is 9.51. The molecule has 0 saturated heterocycles. The van der Waals surface area contributed by atoms with Gasteiger partial charge in [0, 0.05) is 27.7 Å². The van der Waals surface area contributed by atoms with Crippen molar-refractivity contribution in [3.05, 3.63) is 200 Å². The van der Waals surface area contributed by atoms with Gasteiger partial charge in [0.05, 0.1) is 5.69 Å². The summed E-state index contributed by atoms with van der Waals surface area (Å²) in [4.78, 5) is 2.34. The molecule has 0 aliphatic carbocycles. The summed E-state index contributed by atoms with van der Waals surface area (Å²) >= 11 is 0. The van der Waals surface area contributed by atoms with Crippen molar-refractivity contribution in [3.63, 3.8) is 0 Å². The van der Waals surface area contributed by atoms with Crippen LogP contribution in [0.5, 0.6) is 0 Å². The van der Waals surface area contributed by atoms with Crippen molar-refractivity contribution in [2.45, 2.75) is 0 Å². The Morgan fingerprint density at radius 2 is 0.720 bits per heavy atom. The van der Waals surface area contributed by atoms with Gasteiger partial charge in [-0.2, -0.15) is 0 Å². The molecule has 1 aromatic heterocycles. The maximum atomic E-state index is 6.71. The topological polar surface area (TPSA) is 16.4 Å². The summed E-state index contributed by atoms with van der Waals surface area (Å²) in [6, 6.07) is 70.9. The van der Waals surface area contributed by atoms with Crippen LogP contribution in [0, 0.1) is 0 Å². The molecule has 0 spiro atoms. The van der Waals surface area contributed by atoms with E-state index in [1.807, 2.05) is 6.07 Å². The highest BCUT2D eigenvalue weighted by molar-refractivity contribution is 6.13. The van der Waals surface area contributed by atoms with Crippen molar-refractivity contribution in [2.75, 3.05) is 4.90 Å². The number of anilines is 3. The lowest BCUT2D eigenvalue weighted by Crippen LogP contribution is -2.11. The molecule has 0 atom stereocenters. The lowest BCUT2D eigenvalue weighted by Gasteiger charge is -2.28. The first-order valence-electron chi connectivity index (χ1n) is 17.0. The maximum absolute atomic E-state index is 6.71. The monoisotopic (exact) mass is 639 g/mol. The quantitative estimate of drug-likeness (QED) is 0.173. The number of rotatable bonds is 7. The van der Waals surface area contributed by atoms with E-state index < -0.39 is 0 Å². The molecule has 8 aromatic carbocycles. The van der Waals surface area contributed by atoms with Crippen LogP contribution in [-0.4, -0.2) is 0 Å². The largest absolute Gasteiger partial charge is 0.455 e. The van der Waals surface area contributed by atoms with Gasteiger partial charge in [-0.25, -0.2) is 0 Å². The van der Waals surface area contributed by atoms with Gasteiger partial charge in [-0.05, 0) is 81.4 Å². The van der Waals surface area contributed by atoms with Gasteiger partial charge in [0.15, 0.2) is 0 Å². The van der Waals surface area contributed by atoms with E-state index in [9.17, 15) is 0 Å². The molecule has 9 rings (SSSR count). The van der Waals surface area contributed by atoms with Crippen molar-refractivity contribution in [1.29, 1.82) is 0 Å². The average molecular weight is 640 g/mol. The fraction of sp³-hybridized carbons (Fsp3) is 0. The molecule has 9 aromatic rings. The Labute approximate surface area is 292 Å². The average Bonchev–Trinajstić information content (AvgIpc) is 3.58. The molecule has 0 fully saturated rings. The van der Waals surface area contributed by atoms with Crippen molar-refractivity contribution in [1.82, 2.24) is 0 Å². The van der Waals surface area contributed by atoms with Gasteiger partial charge < -0.3 is 9.32 Å². The van der Waals surface area contributed by atoms with Crippen molar-refractivity contribution in [2.24, 2.45) is 0 Å². The van der Waals surface area contributed by atoms with Crippen molar-refractivity contribution < 1.29 is 4.42 Å². The SMILES string of the molecule is c1ccc(-c2ccc(-c3ccc(N(c4ccccc4)c4ccc5c(oc6ccccc65)c4-c4ccc(-c5ccccc5)cc4)cc3)cc2)cc1. The Kier molecular flexibility index (Phi) is 7.53. The Hall–Kier alpha value is -6.64. The molecular weight excluding hydrogens is 607 g/mol. The van der Waals surface area contributed by atoms with E-state index in [4.69, 9.17) is 4.42 Å². The van der Waals surface area contributed by atoms with Crippen LogP contribution in [0.2, 0.25) is 0 Å². The van der Waals surface area contributed by atoms with E-state index >= 15 is 0 Å². The standard InChI is InChI=1S/C48H33NO/c1-4-12-34(13-5-1)36-20-22-38(23-21-36)39-28-30-42(31-29-39)49(41-16-8-3-9-17-41)45-33-32-44-43-18-10-11-19-46(43)50-48(44)47(45)40-26-24-37(25-27-40)35-14-6-2-7-15-35/h1-33H. The Morgan fingerprint density at radius 3 is 1.28 bits per heavy atom. The van der Waals surface area contributed by atoms with E-state index in [0.29, 0.717) is 0 Å². The number of furan rings is 1. The lowest BCUT2D eigenvalue weighted by atomic mass is 9.96. The molecule has 0 aliphatic rings. The number of benzene rings is 8.